The summed E-state index contributed by atoms with van der Waals surface area (Å²) >= 11 is 1.69. The largest absolute Gasteiger partial charge is 0.295 e. The van der Waals surface area contributed by atoms with Crippen molar-refractivity contribution in [3.8, 4) is 0 Å². The van der Waals surface area contributed by atoms with Gasteiger partial charge in [-0.3, -0.25) is 9.59 Å². The van der Waals surface area contributed by atoms with Crippen molar-refractivity contribution < 1.29 is 9.59 Å². The summed E-state index contributed by atoms with van der Waals surface area (Å²) in [6, 6.07) is 10.0. The van der Waals surface area contributed by atoms with E-state index in [9.17, 15) is 9.59 Å². The Bertz CT molecular complexity index is 348. The van der Waals surface area contributed by atoms with Gasteiger partial charge in [-0.2, -0.15) is 0 Å². The van der Waals surface area contributed by atoms with Crippen molar-refractivity contribution in [3.63, 3.8) is 0 Å². The summed E-state index contributed by atoms with van der Waals surface area (Å²) in [5, 5.41) is 0.218. The Morgan fingerprint density at radius 3 is 2.65 bits per heavy atom. The number of benzene rings is 1. The third-order valence-electron chi connectivity index (χ3n) is 2.49. The predicted molar refractivity (Wildman–Crippen MR) is 71.3 cm³/mol. The van der Waals surface area contributed by atoms with Crippen LogP contribution in [-0.2, 0) is 9.59 Å². The monoisotopic (exact) mass is 250 g/mol. The molecule has 0 aliphatic rings. The molecule has 1 aromatic carbocycles. The van der Waals surface area contributed by atoms with Gasteiger partial charge in [-0.25, -0.2) is 0 Å². The van der Waals surface area contributed by atoms with Gasteiger partial charge in [0.2, 0.25) is 0 Å². The molecule has 0 fully saturated rings. The third kappa shape index (κ3) is 5.68. The quantitative estimate of drug-likeness (QED) is 0.402. The van der Waals surface area contributed by atoms with Gasteiger partial charge in [0.1, 0.15) is 0 Å². The molecule has 0 radical (unpaired) electrons. The SMILES string of the molecule is CCCCC(CC(=O)C=O)Sc1ccccc1. The number of rotatable bonds is 8. The number of thioether (sulfide) groups is 1. The van der Waals surface area contributed by atoms with E-state index in [0.717, 1.165) is 24.2 Å². The molecule has 0 amide bonds. The first-order valence-corrected chi connectivity index (χ1v) is 6.84. The minimum Gasteiger partial charge on any atom is -0.295 e. The van der Waals surface area contributed by atoms with E-state index in [-0.39, 0.29) is 11.0 Å². The van der Waals surface area contributed by atoms with Gasteiger partial charge < -0.3 is 0 Å². The van der Waals surface area contributed by atoms with Crippen LogP contribution in [0.5, 0.6) is 0 Å². The smallest absolute Gasteiger partial charge is 0.196 e. The molecular formula is C14H18O2S. The lowest BCUT2D eigenvalue weighted by molar-refractivity contribution is -0.129. The lowest BCUT2D eigenvalue weighted by Gasteiger charge is -2.14. The summed E-state index contributed by atoms with van der Waals surface area (Å²) in [6.45, 7) is 2.13. The highest BCUT2D eigenvalue weighted by atomic mass is 32.2. The van der Waals surface area contributed by atoms with Gasteiger partial charge in [0, 0.05) is 16.6 Å². The molecule has 3 heteroatoms. The first-order chi connectivity index (χ1) is 8.26. The molecule has 0 bridgehead atoms. The number of Topliss-reactive ketones (excluding diaryl/α,β-unsaturated/α-hetero) is 1. The predicted octanol–water partition coefficient (Wildman–Crippen LogP) is 3.50. The van der Waals surface area contributed by atoms with Crippen LogP contribution in [-0.4, -0.2) is 17.3 Å². The lowest BCUT2D eigenvalue weighted by Crippen LogP contribution is -2.11. The van der Waals surface area contributed by atoms with Crippen LogP contribution in [0.3, 0.4) is 0 Å². The van der Waals surface area contributed by atoms with Gasteiger partial charge in [-0.05, 0) is 18.6 Å². The molecule has 0 spiro atoms. The van der Waals surface area contributed by atoms with E-state index >= 15 is 0 Å². The van der Waals surface area contributed by atoms with Crippen molar-refractivity contribution in [3.05, 3.63) is 30.3 Å². The fourth-order valence-corrected chi connectivity index (χ4v) is 2.83. The second-order valence-corrected chi connectivity index (χ2v) is 5.36. The van der Waals surface area contributed by atoms with Crippen molar-refractivity contribution in [2.24, 2.45) is 0 Å². The fraction of sp³-hybridized carbons (Fsp3) is 0.429. The zero-order valence-electron chi connectivity index (χ0n) is 10.1. The minimum absolute atomic E-state index is 0.218. The molecule has 17 heavy (non-hydrogen) atoms. The van der Waals surface area contributed by atoms with Gasteiger partial charge in [0.15, 0.2) is 12.1 Å². The number of hydrogen-bond donors (Lipinski definition) is 0. The van der Waals surface area contributed by atoms with Gasteiger partial charge in [0.05, 0.1) is 0 Å². The Kier molecular flexibility index (Phi) is 6.63. The molecule has 1 unspecified atom stereocenters. The van der Waals surface area contributed by atoms with Crippen LogP contribution in [0.15, 0.2) is 35.2 Å². The Morgan fingerprint density at radius 1 is 1.35 bits per heavy atom. The van der Waals surface area contributed by atoms with E-state index in [4.69, 9.17) is 0 Å². The first-order valence-electron chi connectivity index (χ1n) is 5.96. The Balaban J connectivity index is 2.56. The van der Waals surface area contributed by atoms with Crippen LogP contribution >= 0.6 is 11.8 Å². The molecule has 0 saturated heterocycles. The van der Waals surface area contributed by atoms with E-state index in [0.29, 0.717) is 12.7 Å². The minimum atomic E-state index is -0.297. The molecule has 2 nitrogen and oxygen atoms in total. The van der Waals surface area contributed by atoms with E-state index in [1.54, 1.807) is 11.8 Å². The normalized spacial score (nSPS) is 12.1. The summed E-state index contributed by atoms with van der Waals surface area (Å²) in [5.41, 5.74) is 0. The van der Waals surface area contributed by atoms with Gasteiger partial charge in [0.25, 0.3) is 0 Å². The number of carbonyl (C=O) groups excluding carboxylic acids is 2. The Labute approximate surface area is 107 Å². The third-order valence-corrected chi connectivity index (χ3v) is 3.77. The van der Waals surface area contributed by atoms with E-state index < -0.39 is 0 Å². The van der Waals surface area contributed by atoms with E-state index in [2.05, 4.69) is 6.92 Å². The molecule has 0 heterocycles. The van der Waals surface area contributed by atoms with Crippen LogP contribution in [0.1, 0.15) is 32.6 Å². The lowest BCUT2D eigenvalue weighted by atomic mass is 10.1. The second kappa shape index (κ2) is 8.07. The molecule has 0 aliphatic heterocycles. The standard InChI is InChI=1S/C14H18O2S/c1-2-3-7-14(10-12(16)11-15)17-13-8-5-4-6-9-13/h4-6,8-9,11,14H,2-3,7,10H2,1H3. The number of unbranched alkanes of at least 4 members (excludes halogenated alkanes) is 1. The molecule has 1 rings (SSSR count). The maximum absolute atomic E-state index is 11.2. The second-order valence-electron chi connectivity index (χ2n) is 3.98. The van der Waals surface area contributed by atoms with E-state index in [1.807, 2.05) is 30.3 Å². The molecule has 0 N–H and O–H groups in total. The molecule has 0 saturated carbocycles. The summed E-state index contributed by atoms with van der Waals surface area (Å²) in [4.78, 5) is 22.8. The van der Waals surface area contributed by atoms with Crippen LogP contribution < -0.4 is 0 Å². The van der Waals surface area contributed by atoms with Gasteiger partial charge >= 0.3 is 0 Å². The number of hydrogen-bond acceptors (Lipinski definition) is 3. The summed E-state index contributed by atoms with van der Waals surface area (Å²) in [6.07, 6.45) is 3.97. The number of carbonyl (C=O) groups is 2. The maximum atomic E-state index is 11.2. The molecule has 1 atom stereocenters. The van der Waals surface area contributed by atoms with Crippen molar-refractivity contribution in [1.82, 2.24) is 0 Å². The van der Waals surface area contributed by atoms with Crippen LogP contribution in [0.4, 0.5) is 0 Å². The first kappa shape index (κ1) is 14.0. The van der Waals surface area contributed by atoms with Crippen LogP contribution in [0.2, 0.25) is 0 Å². The van der Waals surface area contributed by atoms with Crippen LogP contribution in [0.25, 0.3) is 0 Å². The Hall–Kier alpha value is -1.09. The van der Waals surface area contributed by atoms with Crippen molar-refractivity contribution in [2.45, 2.75) is 42.8 Å². The van der Waals surface area contributed by atoms with Crippen molar-refractivity contribution in [2.75, 3.05) is 0 Å². The summed E-state index contributed by atoms with van der Waals surface area (Å²) in [5.74, 6) is -0.297. The summed E-state index contributed by atoms with van der Waals surface area (Å²) < 4.78 is 0. The maximum Gasteiger partial charge on any atom is 0.196 e. The highest BCUT2D eigenvalue weighted by molar-refractivity contribution is 8.00. The topological polar surface area (TPSA) is 34.1 Å². The highest BCUT2D eigenvalue weighted by Crippen LogP contribution is 2.28. The molecule has 92 valence electrons. The molecular weight excluding hydrogens is 232 g/mol. The molecule has 1 aromatic rings. The number of aldehydes is 1. The fourth-order valence-electron chi connectivity index (χ4n) is 1.60. The Morgan fingerprint density at radius 2 is 2.06 bits per heavy atom. The summed E-state index contributed by atoms with van der Waals surface area (Å²) in [7, 11) is 0. The van der Waals surface area contributed by atoms with E-state index in [1.165, 1.54) is 0 Å². The van der Waals surface area contributed by atoms with Crippen LogP contribution in [0, 0.1) is 0 Å². The zero-order chi connectivity index (χ0) is 12.5. The number of ketones is 1. The average molecular weight is 250 g/mol. The van der Waals surface area contributed by atoms with Crippen molar-refractivity contribution >= 4 is 23.8 Å². The molecule has 0 aromatic heterocycles. The molecule has 0 aliphatic carbocycles. The average Bonchev–Trinajstić information content (AvgIpc) is 2.37. The van der Waals surface area contributed by atoms with Gasteiger partial charge in [-0.15, -0.1) is 11.8 Å². The van der Waals surface area contributed by atoms with Crippen molar-refractivity contribution in [1.29, 1.82) is 0 Å². The zero-order valence-corrected chi connectivity index (χ0v) is 10.9. The van der Waals surface area contributed by atoms with Gasteiger partial charge in [-0.1, -0.05) is 38.0 Å². The highest BCUT2D eigenvalue weighted by Gasteiger charge is 2.14.